The summed E-state index contributed by atoms with van der Waals surface area (Å²) in [5.41, 5.74) is 8.03. The van der Waals surface area contributed by atoms with Crippen LogP contribution in [0.25, 0.3) is 0 Å². The van der Waals surface area contributed by atoms with Gasteiger partial charge >= 0.3 is 0 Å². The standard InChI is InChI=1S/C14H19BrN2O/c1-8-12(6-11(15)7-13(8)16)14(18)17-9(2)10-4-3-5-10/h6-7,9-10H,3-5,16H2,1-2H3,(H,17,18). The Labute approximate surface area is 116 Å². The van der Waals surface area contributed by atoms with Crippen LogP contribution in [0.3, 0.4) is 0 Å². The molecule has 1 aliphatic rings. The van der Waals surface area contributed by atoms with Crippen molar-refractivity contribution in [1.29, 1.82) is 0 Å². The summed E-state index contributed by atoms with van der Waals surface area (Å²) in [6.45, 7) is 3.96. The average Bonchev–Trinajstić information content (AvgIpc) is 2.20. The molecule has 1 atom stereocenters. The number of rotatable bonds is 3. The molecule has 1 aromatic carbocycles. The van der Waals surface area contributed by atoms with Gasteiger partial charge in [0.25, 0.3) is 5.91 Å². The van der Waals surface area contributed by atoms with Crippen LogP contribution in [0.5, 0.6) is 0 Å². The molecule has 0 spiro atoms. The Kier molecular flexibility index (Phi) is 3.95. The zero-order chi connectivity index (χ0) is 13.3. The molecule has 3 nitrogen and oxygen atoms in total. The summed E-state index contributed by atoms with van der Waals surface area (Å²) in [4.78, 5) is 12.2. The fourth-order valence-electron chi connectivity index (χ4n) is 2.28. The lowest BCUT2D eigenvalue weighted by atomic mass is 9.80. The zero-order valence-corrected chi connectivity index (χ0v) is 12.4. The average molecular weight is 311 g/mol. The normalized spacial score (nSPS) is 17.1. The van der Waals surface area contributed by atoms with Gasteiger partial charge in [-0.1, -0.05) is 22.4 Å². The first-order valence-corrected chi connectivity index (χ1v) is 7.15. The first kappa shape index (κ1) is 13.4. The maximum Gasteiger partial charge on any atom is 0.251 e. The van der Waals surface area contributed by atoms with Gasteiger partial charge in [-0.25, -0.2) is 0 Å². The number of benzene rings is 1. The van der Waals surface area contributed by atoms with E-state index in [-0.39, 0.29) is 11.9 Å². The quantitative estimate of drug-likeness (QED) is 0.842. The molecular weight excluding hydrogens is 292 g/mol. The molecule has 0 radical (unpaired) electrons. The summed E-state index contributed by atoms with van der Waals surface area (Å²) >= 11 is 3.38. The highest BCUT2D eigenvalue weighted by Gasteiger charge is 2.25. The highest BCUT2D eigenvalue weighted by atomic mass is 79.9. The molecule has 0 aliphatic heterocycles. The van der Waals surface area contributed by atoms with Crippen LogP contribution in [-0.4, -0.2) is 11.9 Å². The molecule has 18 heavy (non-hydrogen) atoms. The largest absolute Gasteiger partial charge is 0.398 e. The van der Waals surface area contributed by atoms with Gasteiger partial charge < -0.3 is 11.1 Å². The van der Waals surface area contributed by atoms with Crippen molar-refractivity contribution in [2.45, 2.75) is 39.2 Å². The van der Waals surface area contributed by atoms with E-state index in [1.54, 1.807) is 0 Å². The van der Waals surface area contributed by atoms with Gasteiger partial charge in [0.1, 0.15) is 0 Å². The Morgan fingerprint density at radius 3 is 2.72 bits per heavy atom. The van der Waals surface area contributed by atoms with Crippen molar-refractivity contribution in [3.8, 4) is 0 Å². The van der Waals surface area contributed by atoms with Crippen LogP contribution in [0.1, 0.15) is 42.1 Å². The van der Waals surface area contributed by atoms with Crippen LogP contribution in [0.2, 0.25) is 0 Å². The maximum atomic E-state index is 12.2. The third-order valence-corrected chi connectivity index (χ3v) is 4.33. The van der Waals surface area contributed by atoms with Gasteiger partial charge in [-0.15, -0.1) is 0 Å². The number of carbonyl (C=O) groups is 1. The van der Waals surface area contributed by atoms with Gasteiger partial charge in [-0.3, -0.25) is 4.79 Å². The van der Waals surface area contributed by atoms with Gasteiger partial charge in [-0.05, 0) is 50.3 Å². The van der Waals surface area contributed by atoms with Crippen molar-refractivity contribution < 1.29 is 4.79 Å². The minimum atomic E-state index is -0.0279. The minimum absolute atomic E-state index is 0.0279. The number of carbonyl (C=O) groups excluding carboxylic acids is 1. The highest BCUT2D eigenvalue weighted by molar-refractivity contribution is 9.10. The Balaban J connectivity index is 2.13. The van der Waals surface area contributed by atoms with Crippen LogP contribution in [0.4, 0.5) is 5.69 Å². The number of halogens is 1. The minimum Gasteiger partial charge on any atom is -0.398 e. The molecule has 1 saturated carbocycles. The summed E-state index contributed by atoms with van der Waals surface area (Å²) in [6.07, 6.45) is 3.73. The van der Waals surface area contributed by atoms with Crippen LogP contribution in [0.15, 0.2) is 16.6 Å². The maximum absolute atomic E-state index is 12.2. The topological polar surface area (TPSA) is 55.1 Å². The third-order valence-electron chi connectivity index (χ3n) is 3.87. The summed E-state index contributed by atoms with van der Waals surface area (Å²) < 4.78 is 0.840. The van der Waals surface area contributed by atoms with Gasteiger partial charge in [0, 0.05) is 21.8 Å². The molecule has 0 saturated heterocycles. The number of nitrogen functional groups attached to an aromatic ring is 1. The second-order valence-corrected chi connectivity index (χ2v) is 6.04. The van der Waals surface area contributed by atoms with Gasteiger partial charge in [0.2, 0.25) is 0 Å². The monoisotopic (exact) mass is 310 g/mol. The molecule has 1 amide bonds. The lowest BCUT2D eigenvalue weighted by Gasteiger charge is -2.32. The van der Waals surface area contributed by atoms with E-state index in [1.165, 1.54) is 19.3 Å². The van der Waals surface area contributed by atoms with Crippen LogP contribution < -0.4 is 11.1 Å². The Morgan fingerprint density at radius 2 is 2.17 bits per heavy atom. The molecule has 0 aromatic heterocycles. The molecular formula is C14H19BrN2O. The molecule has 1 aromatic rings. The zero-order valence-electron chi connectivity index (χ0n) is 10.8. The Bertz CT molecular complexity index is 469. The van der Waals surface area contributed by atoms with E-state index in [4.69, 9.17) is 5.73 Å². The van der Waals surface area contributed by atoms with E-state index in [2.05, 4.69) is 28.2 Å². The van der Waals surface area contributed by atoms with E-state index in [0.29, 0.717) is 17.2 Å². The van der Waals surface area contributed by atoms with Gasteiger partial charge in [0.05, 0.1) is 0 Å². The van der Waals surface area contributed by atoms with E-state index in [9.17, 15) is 4.79 Å². The summed E-state index contributed by atoms with van der Waals surface area (Å²) in [5, 5.41) is 3.08. The van der Waals surface area contributed by atoms with Crippen molar-refractivity contribution in [1.82, 2.24) is 5.32 Å². The molecule has 2 rings (SSSR count). The number of hydrogen-bond donors (Lipinski definition) is 2. The Hall–Kier alpha value is -1.03. The van der Waals surface area contributed by atoms with Crippen molar-refractivity contribution >= 4 is 27.5 Å². The number of nitrogens with one attached hydrogen (secondary N) is 1. The molecule has 0 heterocycles. The lowest BCUT2D eigenvalue weighted by molar-refractivity contribution is 0.0908. The van der Waals surface area contributed by atoms with Crippen LogP contribution in [-0.2, 0) is 0 Å². The molecule has 0 bridgehead atoms. The van der Waals surface area contributed by atoms with Gasteiger partial charge in [-0.2, -0.15) is 0 Å². The van der Waals surface area contributed by atoms with Crippen molar-refractivity contribution in [2.24, 2.45) is 5.92 Å². The third kappa shape index (κ3) is 2.69. The number of hydrogen-bond acceptors (Lipinski definition) is 2. The Morgan fingerprint density at radius 1 is 1.50 bits per heavy atom. The van der Waals surface area contributed by atoms with Crippen LogP contribution >= 0.6 is 15.9 Å². The second-order valence-electron chi connectivity index (χ2n) is 5.12. The fraction of sp³-hybridized carbons (Fsp3) is 0.500. The van der Waals surface area contributed by atoms with E-state index in [1.807, 2.05) is 19.1 Å². The summed E-state index contributed by atoms with van der Waals surface area (Å²) in [5.74, 6) is 0.610. The van der Waals surface area contributed by atoms with Crippen molar-refractivity contribution in [2.75, 3.05) is 5.73 Å². The summed E-state index contributed by atoms with van der Waals surface area (Å²) in [7, 11) is 0. The second kappa shape index (κ2) is 5.31. The van der Waals surface area contributed by atoms with E-state index < -0.39 is 0 Å². The first-order chi connectivity index (χ1) is 8.49. The lowest BCUT2D eigenvalue weighted by Crippen LogP contribution is -2.40. The van der Waals surface area contributed by atoms with E-state index >= 15 is 0 Å². The molecule has 4 heteroatoms. The SMILES string of the molecule is Cc1c(N)cc(Br)cc1C(=O)NC(C)C1CCC1. The van der Waals surface area contributed by atoms with Gasteiger partial charge in [0.15, 0.2) is 0 Å². The van der Waals surface area contributed by atoms with Crippen molar-refractivity contribution in [3.63, 3.8) is 0 Å². The molecule has 98 valence electrons. The highest BCUT2D eigenvalue weighted by Crippen LogP contribution is 2.30. The molecule has 1 unspecified atom stereocenters. The molecule has 1 aliphatic carbocycles. The predicted octanol–water partition coefficient (Wildman–Crippen LogP) is 3.26. The number of nitrogens with two attached hydrogens (primary N) is 1. The molecule has 3 N–H and O–H groups in total. The van der Waals surface area contributed by atoms with Crippen molar-refractivity contribution in [3.05, 3.63) is 27.7 Å². The number of anilines is 1. The van der Waals surface area contributed by atoms with Crippen LogP contribution in [0, 0.1) is 12.8 Å². The van der Waals surface area contributed by atoms with E-state index in [0.717, 1.165) is 10.0 Å². The first-order valence-electron chi connectivity index (χ1n) is 6.35. The molecule has 1 fully saturated rings. The fourth-order valence-corrected chi connectivity index (χ4v) is 2.75. The summed E-state index contributed by atoms with van der Waals surface area (Å²) in [6, 6.07) is 3.89. The smallest absolute Gasteiger partial charge is 0.251 e. The number of amides is 1. The predicted molar refractivity (Wildman–Crippen MR) is 77.6 cm³/mol.